The number of likely N-dealkylation sites (N-methyl/N-ethyl adjacent to an activating group) is 1. The first-order valence-electron chi connectivity index (χ1n) is 7.95. The van der Waals surface area contributed by atoms with E-state index in [2.05, 4.69) is 15.6 Å². The molecule has 0 aliphatic carbocycles. The normalized spacial score (nSPS) is 11.0. The third-order valence-electron chi connectivity index (χ3n) is 3.47. The third-order valence-corrected chi connectivity index (χ3v) is 3.47. The van der Waals surface area contributed by atoms with Gasteiger partial charge in [0.15, 0.2) is 5.96 Å². The molecular formula is C19H24N4O. The molecule has 0 bridgehead atoms. The molecule has 126 valence electrons. The topological polar surface area (TPSA) is 56.7 Å². The lowest BCUT2D eigenvalue weighted by molar-refractivity contribution is -0.127. The summed E-state index contributed by atoms with van der Waals surface area (Å²) in [6.45, 7) is 1.42. The largest absolute Gasteiger partial charge is 0.352 e. The van der Waals surface area contributed by atoms with Gasteiger partial charge >= 0.3 is 0 Å². The fraction of sp³-hybridized carbons (Fsp3) is 0.263. The molecule has 0 radical (unpaired) electrons. The SMILES string of the molecule is CN(C)C(=O)CNC(=NCc1ccccc1)NCc1ccccc1. The van der Waals surface area contributed by atoms with Crippen LogP contribution in [0, 0.1) is 0 Å². The molecule has 5 heteroatoms. The molecule has 0 unspecified atom stereocenters. The van der Waals surface area contributed by atoms with Crippen LogP contribution >= 0.6 is 0 Å². The number of benzene rings is 2. The Labute approximate surface area is 143 Å². The van der Waals surface area contributed by atoms with Crippen molar-refractivity contribution in [2.24, 2.45) is 4.99 Å². The summed E-state index contributed by atoms with van der Waals surface area (Å²) in [6, 6.07) is 20.1. The van der Waals surface area contributed by atoms with Crippen molar-refractivity contribution in [3.8, 4) is 0 Å². The Morgan fingerprint density at radius 2 is 1.50 bits per heavy atom. The van der Waals surface area contributed by atoms with Crippen molar-refractivity contribution >= 4 is 11.9 Å². The molecule has 24 heavy (non-hydrogen) atoms. The van der Waals surface area contributed by atoms with Crippen LogP contribution in [0.2, 0.25) is 0 Å². The Morgan fingerprint density at radius 3 is 2.08 bits per heavy atom. The molecule has 2 rings (SSSR count). The first-order valence-corrected chi connectivity index (χ1v) is 7.95. The Kier molecular flexibility index (Phi) is 6.83. The number of amides is 1. The fourth-order valence-electron chi connectivity index (χ4n) is 2.03. The molecule has 0 aromatic heterocycles. The van der Waals surface area contributed by atoms with Gasteiger partial charge in [-0.25, -0.2) is 4.99 Å². The van der Waals surface area contributed by atoms with E-state index in [4.69, 9.17) is 0 Å². The number of hydrogen-bond donors (Lipinski definition) is 2. The van der Waals surface area contributed by atoms with Gasteiger partial charge in [-0.1, -0.05) is 60.7 Å². The molecule has 0 saturated carbocycles. The number of carbonyl (C=O) groups excluding carboxylic acids is 1. The van der Waals surface area contributed by atoms with Gasteiger partial charge in [0, 0.05) is 20.6 Å². The summed E-state index contributed by atoms with van der Waals surface area (Å²) >= 11 is 0. The van der Waals surface area contributed by atoms with Crippen LogP contribution in [0.3, 0.4) is 0 Å². The predicted octanol–water partition coefficient (Wildman–Crippen LogP) is 2.01. The van der Waals surface area contributed by atoms with Crippen LogP contribution in [0.4, 0.5) is 0 Å². The Balaban J connectivity index is 1.98. The van der Waals surface area contributed by atoms with Crippen LogP contribution in [0.1, 0.15) is 11.1 Å². The smallest absolute Gasteiger partial charge is 0.241 e. The van der Waals surface area contributed by atoms with Crippen LogP contribution in [0.5, 0.6) is 0 Å². The van der Waals surface area contributed by atoms with Crippen molar-refractivity contribution in [1.82, 2.24) is 15.5 Å². The highest BCUT2D eigenvalue weighted by molar-refractivity contribution is 5.86. The minimum Gasteiger partial charge on any atom is -0.352 e. The molecule has 0 saturated heterocycles. The lowest BCUT2D eigenvalue weighted by Crippen LogP contribution is -2.42. The molecule has 0 aliphatic rings. The number of carbonyl (C=O) groups is 1. The van der Waals surface area contributed by atoms with E-state index in [0.29, 0.717) is 19.0 Å². The molecular weight excluding hydrogens is 300 g/mol. The van der Waals surface area contributed by atoms with Crippen molar-refractivity contribution in [3.05, 3.63) is 71.8 Å². The van der Waals surface area contributed by atoms with Gasteiger partial charge in [-0.3, -0.25) is 4.79 Å². The molecule has 2 N–H and O–H groups in total. The van der Waals surface area contributed by atoms with Crippen molar-refractivity contribution < 1.29 is 4.79 Å². The zero-order chi connectivity index (χ0) is 17.2. The molecule has 0 heterocycles. The van der Waals surface area contributed by atoms with E-state index in [1.54, 1.807) is 19.0 Å². The Morgan fingerprint density at radius 1 is 0.917 bits per heavy atom. The summed E-state index contributed by atoms with van der Waals surface area (Å²) in [5.41, 5.74) is 2.28. The number of nitrogens with zero attached hydrogens (tertiary/aromatic N) is 2. The second-order valence-electron chi connectivity index (χ2n) is 5.63. The van der Waals surface area contributed by atoms with Crippen LogP contribution in [0.15, 0.2) is 65.7 Å². The first-order chi connectivity index (χ1) is 11.6. The summed E-state index contributed by atoms with van der Waals surface area (Å²) in [5, 5.41) is 6.36. The van der Waals surface area contributed by atoms with Crippen molar-refractivity contribution in [2.75, 3.05) is 20.6 Å². The number of guanidine groups is 1. The van der Waals surface area contributed by atoms with Crippen LogP contribution < -0.4 is 10.6 Å². The maximum absolute atomic E-state index is 11.8. The van der Waals surface area contributed by atoms with Gasteiger partial charge in [0.1, 0.15) is 0 Å². The van der Waals surface area contributed by atoms with Crippen molar-refractivity contribution in [2.45, 2.75) is 13.1 Å². The molecule has 0 fully saturated rings. The standard InChI is InChI=1S/C19H24N4O/c1-23(2)18(24)15-22-19(20-13-16-9-5-3-6-10-16)21-14-17-11-7-4-8-12-17/h3-12H,13-15H2,1-2H3,(H2,20,21,22). The van der Waals surface area contributed by atoms with Gasteiger partial charge in [-0.15, -0.1) is 0 Å². The second kappa shape index (κ2) is 9.35. The highest BCUT2D eigenvalue weighted by Gasteiger charge is 2.06. The maximum atomic E-state index is 11.8. The quantitative estimate of drug-likeness (QED) is 0.631. The number of aliphatic imine (C=N–C) groups is 1. The highest BCUT2D eigenvalue weighted by Crippen LogP contribution is 2.01. The van der Waals surface area contributed by atoms with E-state index >= 15 is 0 Å². The van der Waals surface area contributed by atoms with Gasteiger partial charge in [-0.05, 0) is 11.1 Å². The van der Waals surface area contributed by atoms with E-state index < -0.39 is 0 Å². The average Bonchev–Trinajstić information content (AvgIpc) is 2.62. The third kappa shape index (κ3) is 6.12. The monoisotopic (exact) mass is 324 g/mol. The maximum Gasteiger partial charge on any atom is 0.241 e. The van der Waals surface area contributed by atoms with Crippen LogP contribution in [0.25, 0.3) is 0 Å². The molecule has 2 aromatic rings. The Hall–Kier alpha value is -2.82. The van der Waals surface area contributed by atoms with Gasteiger partial charge in [0.05, 0.1) is 13.1 Å². The van der Waals surface area contributed by atoms with Crippen LogP contribution in [-0.4, -0.2) is 37.4 Å². The minimum absolute atomic E-state index is 0.00363. The average molecular weight is 324 g/mol. The van der Waals surface area contributed by atoms with Crippen molar-refractivity contribution in [3.63, 3.8) is 0 Å². The fourth-order valence-corrected chi connectivity index (χ4v) is 2.03. The summed E-state index contributed by atoms with van der Waals surface area (Å²) in [6.07, 6.45) is 0. The summed E-state index contributed by atoms with van der Waals surface area (Å²) in [7, 11) is 3.48. The number of hydrogen-bond acceptors (Lipinski definition) is 2. The van der Waals surface area contributed by atoms with Gasteiger partial charge in [0.2, 0.25) is 5.91 Å². The van der Waals surface area contributed by atoms with Gasteiger partial charge in [-0.2, -0.15) is 0 Å². The summed E-state index contributed by atoms with van der Waals surface area (Å²) in [4.78, 5) is 17.9. The highest BCUT2D eigenvalue weighted by atomic mass is 16.2. The van der Waals surface area contributed by atoms with Gasteiger partial charge in [0.25, 0.3) is 0 Å². The van der Waals surface area contributed by atoms with Crippen LogP contribution in [-0.2, 0) is 17.9 Å². The second-order valence-corrected chi connectivity index (χ2v) is 5.63. The van der Waals surface area contributed by atoms with Crippen molar-refractivity contribution in [1.29, 1.82) is 0 Å². The Bertz CT molecular complexity index is 654. The summed E-state index contributed by atoms with van der Waals surface area (Å²) < 4.78 is 0. The van der Waals surface area contributed by atoms with Gasteiger partial charge < -0.3 is 15.5 Å². The molecule has 0 aliphatic heterocycles. The molecule has 2 aromatic carbocycles. The molecule has 1 amide bonds. The van der Waals surface area contributed by atoms with E-state index in [9.17, 15) is 4.79 Å². The number of nitrogens with one attached hydrogen (secondary N) is 2. The molecule has 0 spiro atoms. The zero-order valence-electron chi connectivity index (χ0n) is 14.2. The van der Waals surface area contributed by atoms with E-state index in [0.717, 1.165) is 11.1 Å². The summed E-state index contributed by atoms with van der Waals surface area (Å²) in [5.74, 6) is 0.627. The van der Waals surface area contributed by atoms with E-state index in [-0.39, 0.29) is 12.5 Å². The lowest BCUT2D eigenvalue weighted by atomic mass is 10.2. The zero-order valence-corrected chi connectivity index (χ0v) is 14.2. The first kappa shape index (κ1) is 17.5. The van der Waals surface area contributed by atoms with E-state index in [1.807, 2.05) is 60.7 Å². The minimum atomic E-state index is 0.00363. The predicted molar refractivity (Wildman–Crippen MR) is 97.6 cm³/mol. The molecule has 5 nitrogen and oxygen atoms in total. The number of rotatable bonds is 6. The lowest BCUT2D eigenvalue weighted by Gasteiger charge is -2.15. The van der Waals surface area contributed by atoms with E-state index in [1.165, 1.54) is 0 Å². The molecule has 0 atom stereocenters.